The van der Waals surface area contributed by atoms with Gasteiger partial charge in [-0.05, 0) is 98.5 Å². The molecule has 0 radical (unpaired) electrons. The van der Waals surface area contributed by atoms with Crippen LogP contribution in [0.2, 0.25) is 0 Å². The third kappa shape index (κ3) is 17.0. The molecule has 63 heavy (non-hydrogen) atoms. The molecule has 4 rings (SSSR count). The van der Waals surface area contributed by atoms with Gasteiger partial charge in [0.25, 0.3) is 0 Å². The number of ether oxygens (including phenoxy) is 4. The summed E-state index contributed by atoms with van der Waals surface area (Å²) in [6.07, 6.45) is 7.83. The molecule has 0 aromatic heterocycles. The topological polar surface area (TPSA) is 148 Å². The van der Waals surface area contributed by atoms with Crippen LogP contribution >= 0.6 is 0 Å². The zero-order valence-corrected chi connectivity index (χ0v) is 37.1. The highest BCUT2D eigenvalue weighted by Crippen LogP contribution is 2.23. The van der Waals surface area contributed by atoms with E-state index in [1.54, 1.807) is 103 Å². The molecule has 2 unspecified atom stereocenters. The minimum Gasteiger partial charge on any atom is -0.491 e. The first-order chi connectivity index (χ1) is 30.8. The number of rotatable bonds is 30. The third-order valence-electron chi connectivity index (χ3n) is 10.4. The Labute approximate surface area is 371 Å². The molecule has 0 saturated heterocycles. The zero-order valence-electron chi connectivity index (χ0n) is 37.1. The van der Waals surface area contributed by atoms with Crippen LogP contribution in [0.1, 0.15) is 127 Å². The van der Waals surface area contributed by atoms with E-state index in [-0.39, 0.29) is 34.8 Å². The van der Waals surface area contributed by atoms with Crippen molar-refractivity contribution in [3.8, 4) is 11.5 Å². The van der Waals surface area contributed by atoms with Gasteiger partial charge in [-0.2, -0.15) is 0 Å². The number of benzene rings is 4. The van der Waals surface area contributed by atoms with Crippen LogP contribution < -0.4 is 9.47 Å². The average molecular weight is 863 g/mol. The lowest BCUT2D eigenvalue weighted by Crippen LogP contribution is -2.25. The monoisotopic (exact) mass is 862 g/mol. The molecule has 2 atom stereocenters. The molecule has 0 heterocycles. The van der Waals surface area contributed by atoms with E-state index in [9.17, 15) is 19.2 Å². The average Bonchev–Trinajstić information content (AvgIpc) is 3.33. The molecule has 0 bridgehead atoms. The molecule has 0 spiro atoms. The zero-order chi connectivity index (χ0) is 45.1. The molecule has 336 valence electrons. The van der Waals surface area contributed by atoms with E-state index in [2.05, 4.69) is 24.2 Å². The minimum atomic E-state index is -0.616. The lowest BCUT2D eigenvalue weighted by molar-refractivity contribution is 0.0273. The van der Waals surface area contributed by atoms with Crippen LogP contribution in [-0.4, -0.2) is 74.6 Å². The Morgan fingerprint density at radius 3 is 1.21 bits per heavy atom. The predicted molar refractivity (Wildman–Crippen MR) is 244 cm³/mol. The molecule has 0 amide bonds. The van der Waals surface area contributed by atoms with E-state index in [0.717, 1.165) is 44.9 Å². The van der Waals surface area contributed by atoms with E-state index in [1.165, 1.54) is 0 Å². The molecule has 0 fully saturated rings. The van der Waals surface area contributed by atoms with Crippen LogP contribution in [0.15, 0.2) is 120 Å². The Hall–Kier alpha value is -5.98. The number of hydrogen-bond acceptors (Lipinski definition) is 12. The van der Waals surface area contributed by atoms with Crippen molar-refractivity contribution in [3.63, 3.8) is 0 Å². The Morgan fingerprint density at radius 1 is 0.444 bits per heavy atom. The lowest BCUT2D eigenvalue weighted by Gasteiger charge is -2.16. The van der Waals surface area contributed by atoms with E-state index in [0.29, 0.717) is 86.2 Å². The van der Waals surface area contributed by atoms with Crippen LogP contribution in [0.25, 0.3) is 0 Å². The molecule has 0 saturated carbocycles. The summed E-state index contributed by atoms with van der Waals surface area (Å²) in [5, 5.41) is 8.24. The SMILES string of the molecule is CCCCCC(CC)/C(=N\OC(=O)c1ccccc1)C(=O)c1ccc(OCCOCCOCCOc2ccc(C(=O)/C(=N/OC(=O)c3ccccc3)C(CC)CCCC)cc2)cc1. The van der Waals surface area contributed by atoms with E-state index in [4.69, 9.17) is 28.6 Å². The van der Waals surface area contributed by atoms with E-state index < -0.39 is 11.9 Å². The summed E-state index contributed by atoms with van der Waals surface area (Å²) in [5.74, 6) is -0.934. The van der Waals surface area contributed by atoms with Crippen molar-refractivity contribution in [1.29, 1.82) is 0 Å². The number of hydrogen-bond donors (Lipinski definition) is 0. The van der Waals surface area contributed by atoms with Crippen LogP contribution in [0.3, 0.4) is 0 Å². The number of Topliss-reactive ketones (excluding diaryl/α,β-unsaturated/α-hetero) is 2. The summed E-state index contributed by atoms with van der Waals surface area (Å²) in [7, 11) is 0. The quantitative estimate of drug-likeness (QED) is 0.0163. The fourth-order valence-corrected chi connectivity index (χ4v) is 6.66. The van der Waals surface area contributed by atoms with Gasteiger partial charge in [-0.15, -0.1) is 0 Å². The van der Waals surface area contributed by atoms with E-state index >= 15 is 0 Å². The molecule has 0 N–H and O–H groups in total. The number of oxime groups is 2. The van der Waals surface area contributed by atoms with Gasteiger partial charge in [0.05, 0.1) is 37.6 Å². The maximum absolute atomic E-state index is 13.7. The van der Waals surface area contributed by atoms with Crippen molar-refractivity contribution in [1.82, 2.24) is 0 Å². The summed E-state index contributed by atoms with van der Waals surface area (Å²) in [4.78, 5) is 63.1. The van der Waals surface area contributed by atoms with Crippen molar-refractivity contribution in [2.45, 2.75) is 85.5 Å². The first kappa shape index (κ1) is 49.7. The second-order valence-electron chi connectivity index (χ2n) is 14.9. The van der Waals surface area contributed by atoms with Crippen LogP contribution in [-0.2, 0) is 19.1 Å². The van der Waals surface area contributed by atoms with Crippen LogP contribution in [0.4, 0.5) is 0 Å². The van der Waals surface area contributed by atoms with Crippen molar-refractivity contribution in [2.75, 3.05) is 39.6 Å². The van der Waals surface area contributed by atoms with Crippen molar-refractivity contribution < 1.29 is 47.8 Å². The lowest BCUT2D eigenvalue weighted by atomic mass is 9.89. The summed E-state index contributed by atoms with van der Waals surface area (Å²) in [6.45, 7) is 10.2. The number of nitrogens with zero attached hydrogens (tertiary/aromatic N) is 2. The molecular weight excluding hydrogens is 801 g/mol. The minimum absolute atomic E-state index is 0.148. The number of ketones is 2. The van der Waals surface area contributed by atoms with Gasteiger partial charge in [0.1, 0.15) is 36.1 Å². The maximum atomic E-state index is 13.7. The Balaban J connectivity index is 1.16. The first-order valence-corrected chi connectivity index (χ1v) is 22.2. The highest BCUT2D eigenvalue weighted by atomic mass is 16.7. The number of carbonyl (C=O) groups excluding carboxylic acids is 4. The number of carbonyl (C=O) groups is 4. The van der Waals surface area contributed by atoms with Crippen molar-refractivity contribution in [3.05, 3.63) is 131 Å². The molecule has 0 aliphatic heterocycles. The van der Waals surface area contributed by atoms with Gasteiger partial charge < -0.3 is 28.6 Å². The summed E-state index contributed by atoms with van der Waals surface area (Å²) in [5.41, 5.74) is 2.04. The van der Waals surface area contributed by atoms with Gasteiger partial charge in [0.15, 0.2) is 0 Å². The van der Waals surface area contributed by atoms with Gasteiger partial charge in [0, 0.05) is 23.0 Å². The smallest absolute Gasteiger partial charge is 0.365 e. The Morgan fingerprint density at radius 2 is 0.825 bits per heavy atom. The first-order valence-electron chi connectivity index (χ1n) is 22.2. The van der Waals surface area contributed by atoms with E-state index in [1.807, 2.05) is 19.9 Å². The van der Waals surface area contributed by atoms with Crippen molar-refractivity contribution >= 4 is 34.9 Å². The Bertz CT molecular complexity index is 2030. The fourth-order valence-electron chi connectivity index (χ4n) is 6.66. The normalized spacial score (nSPS) is 12.6. The fraction of sp³-hybridized carbons (Fsp3) is 0.412. The molecule has 4 aromatic rings. The summed E-state index contributed by atoms with van der Waals surface area (Å²) in [6, 6.07) is 30.8. The Kier molecular flexibility index (Phi) is 22.5. The van der Waals surface area contributed by atoms with Gasteiger partial charge in [-0.3, -0.25) is 9.59 Å². The van der Waals surface area contributed by atoms with Gasteiger partial charge in [0.2, 0.25) is 11.6 Å². The highest BCUT2D eigenvalue weighted by molar-refractivity contribution is 6.47. The molecular formula is C51H62N2O10. The second kappa shape index (κ2) is 28.6. The van der Waals surface area contributed by atoms with Gasteiger partial charge >= 0.3 is 11.9 Å². The van der Waals surface area contributed by atoms with Gasteiger partial charge in [-0.1, -0.05) is 107 Å². The predicted octanol–water partition coefficient (Wildman–Crippen LogP) is 10.8. The standard InChI is InChI=1S/C51H62N2O10/c1-5-9-13-19-39(8-4)47(53-63-51(57)43-22-16-12-17-23-43)49(55)41-26-30-45(31-27-41)61-37-35-59-33-32-58-34-36-60-44-28-24-40(25-29-44)48(54)46(38(7-3)18-10-6-2)52-62-50(56)42-20-14-11-15-21-42/h11-12,14-17,20-31,38-39H,5-10,13,18-19,32-37H2,1-4H3/b52-46+,53-47+. The van der Waals surface area contributed by atoms with Crippen LogP contribution in [0.5, 0.6) is 11.5 Å². The largest absolute Gasteiger partial charge is 0.491 e. The maximum Gasteiger partial charge on any atom is 0.365 e. The van der Waals surface area contributed by atoms with Crippen molar-refractivity contribution in [2.24, 2.45) is 22.1 Å². The molecule has 12 nitrogen and oxygen atoms in total. The van der Waals surface area contributed by atoms with Gasteiger partial charge in [-0.25, -0.2) is 9.59 Å². The third-order valence-corrected chi connectivity index (χ3v) is 10.4. The molecule has 0 aliphatic rings. The summed E-state index contributed by atoms with van der Waals surface area (Å²) < 4.78 is 22.9. The number of unbranched alkanes of at least 4 members (excludes halogenated alkanes) is 3. The molecule has 12 heteroatoms. The second-order valence-corrected chi connectivity index (χ2v) is 14.9. The molecule has 0 aliphatic carbocycles. The van der Waals surface area contributed by atoms with Crippen LogP contribution in [0, 0.1) is 11.8 Å². The summed E-state index contributed by atoms with van der Waals surface area (Å²) >= 11 is 0. The highest BCUT2D eigenvalue weighted by Gasteiger charge is 2.26. The molecule has 4 aromatic carbocycles.